The van der Waals surface area contributed by atoms with Crippen LogP contribution in [0, 0.1) is 6.92 Å². The van der Waals surface area contributed by atoms with Crippen molar-refractivity contribution in [1.29, 1.82) is 0 Å². The molecule has 0 atom stereocenters. The van der Waals surface area contributed by atoms with Gasteiger partial charge in [-0.25, -0.2) is 0 Å². The lowest BCUT2D eigenvalue weighted by Crippen LogP contribution is -2.47. The van der Waals surface area contributed by atoms with Gasteiger partial charge in [0.25, 0.3) is 0 Å². The summed E-state index contributed by atoms with van der Waals surface area (Å²) in [5.74, 6) is 0. The summed E-state index contributed by atoms with van der Waals surface area (Å²) in [5.41, 5.74) is 1.18. The van der Waals surface area contributed by atoms with Gasteiger partial charge in [-0.3, -0.25) is 0 Å². The minimum absolute atomic E-state index is 0.952. The Morgan fingerprint density at radius 1 is 0.941 bits per heavy atom. The first-order valence-electron chi connectivity index (χ1n) is 5.84. The summed E-state index contributed by atoms with van der Waals surface area (Å²) in [6.07, 6.45) is 7.44. The van der Waals surface area contributed by atoms with Gasteiger partial charge in [-0.05, 0) is 33.4 Å². The summed E-state index contributed by atoms with van der Waals surface area (Å²) in [6, 6.07) is 2.09. The number of allylic oxidation sites excluding steroid dienone is 2. The molecule has 1 rings (SSSR count). The number of rotatable bonds is 2. The van der Waals surface area contributed by atoms with Crippen molar-refractivity contribution in [2.45, 2.75) is 20.8 Å². The molecule has 0 radical (unpaired) electrons. The van der Waals surface area contributed by atoms with E-state index in [2.05, 4.69) is 39.3 Å². The van der Waals surface area contributed by atoms with Crippen LogP contribution in [-0.2, 0) is 0 Å². The van der Waals surface area contributed by atoms with E-state index in [9.17, 15) is 0 Å². The van der Waals surface area contributed by atoms with E-state index in [1.807, 2.05) is 26.0 Å². The number of hydrogen-bond donors (Lipinski definition) is 0. The highest BCUT2D eigenvalue weighted by Crippen LogP contribution is 1.78. The van der Waals surface area contributed by atoms with Crippen molar-refractivity contribution in [2.24, 2.45) is 0 Å². The van der Waals surface area contributed by atoms with Gasteiger partial charge in [-0.15, -0.1) is 0 Å². The van der Waals surface area contributed by atoms with Crippen LogP contribution in [0.1, 0.15) is 19.4 Å². The van der Waals surface area contributed by atoms with Crippen LogP contribution in [0.5, 0.6) is 0 Å². The van der Waals surface area contributed by atoms with Gasteiger partial charge < -0.3 is 0 Å². The largest absolute Gasteiger partial charge is 0.0990 e. The van der Waals surface area contributed by atoms with Gasteiger partial charge in [-0.1, -0.05) is 70.5 Å². The Hall–Kier alpha value is -1.82. The minimum Gasteiger partial charge on any atom is -0.0990 e. The zero-order chi connectivity index (χ0) is 13.4. The van der Waals surface area contributed by atoms with Crippen LogP contribution in [-0.4, -0.2) is 0 Å². The van der Waals surface area contributed by atoms with E-state index >= 15 is 0 Å². The first-order valence-corrected chi connectivity index (χ1v) is 5.84. The molecule has 1 aromatic carbocycles. The SMILES string of the molecule is C=C/C=c1/cc(C)/c(=C/C=C)c(=C)c1=C.CC. The Balaban J connectivity index is 0.00000121. The molecule has 0 N–H and O–H groups in total. The Labute approximate surface area is 104 Å². The highest BCUT2D eigenvalue weighted by Gasteiger charge is 1.92. The summed E-state index contributed by atoms with van der Waals surface area (Å²) in [7, 11) is 0. The standard InChI is InChI=1S/C15H16.C2H6/c1-6-8-14-10-11(3)15(9-7-2)13(5)12(14)4;1-2/h6-10H,1-2,4-5H2,3H3;1-2H3/b14-8-,15-9-;. The molecule has 0 aromatic heterocycles. The third-order valence-electron chi connectivity index (χ3n) is 2.42. The van der Waals surface area contributed by atoms with Crippen molar-refractivity contribution in [3.8, 4) is 0 Å². The third-order valence-corrected chi connectivity index (χ3v) is 2.42. The Kier molecular flexibility index (Phi) is 6.65. The molecule has 0 aliphatic heterocycles. The molecule has 0 aliphatic carbocycles. The maximum Gasteiger partial charge on any atom is -0.0155 e. The van der Waals surface area contributed by atoms with Crippen molar-refractivity contribution in [1.82, 2.24) is 0 Å². The molecule has 0 saturated heterocycles. The molecule has 0 heteroatoms. The summed E-state index contributed by atoms with van der Waals surface area (Å²) in [6.45, 7) is 21.5. The van der Waals surface area contributed by atoms with E-state index in [0.717, 1.165) is 20.9 Å². The van der Waals surface area contributed by atoms with Gasteiger partial charge in [0.1, 0.15) is 0 Å². The van der Waals surface area contributed by atoms with Gasteiger partial charge in [0.2, 0.25) is 0 Å². The van der Waals surface area contributed by atoms with Crippen LogP contribution in [0.25, 0.3) is 25.3 Å². The maximum atomic E-state index is 4.05. The lowest BCUT2D eigenvalue weighted by Gasteiger charge is -1.97. The molecule has 17 heavy (non-hydrogen) atoms. The first kappa shape index (κ1) is 15.2. The third kappa shape index (κ3) is 3.60. The van der Waals surface area contributed by atoms with Gasteiger partial charge in [0, 0.05) is 0 Å². The molecule has 0 fully saturated rings. The zero-order valence-electron chi connectivity index (χ0n) is 11.2. The van der Waals surface area contributed by atoms with Gasteiger partial charge in [-0.2, -0.15) is 0 Å². The van der Waals surface area contributed by atoms with E-state index < -0.39 is 0 Å². The smallest absolute Gasteiger partial charge is 0.0155 e. The summed E-state index contributed by atoms with van der Waals surface area (Å²) >= 11 is 0. The summed E-state index contributed by atoms with van der Waals surface area (Å²) in [5, 5.41) is 4.10. The maximum absolute atomic E-state index is 4.05. The quantitative estimate of drug-likeness (QED) is 0.721. The van der Waals surface area contributed by atoms with Crippen molar-refractivity contribution in [2.75, 3.05) is 0 Å². The lowest BCUT2D eigenvalue weighted by atomic mass is 10.1. The van der Waals surface area contributed by atoms with E-state index in [-0.39, 0.29) is 0 Å². The fourth-order valence-corrected chi connectivity index (χ4v) is 1.60. The molecule has 0 saturated carbocycles. The average Bonchev–Trinajstić information content (AvgIpc) is 2.34. The summed E-state index contributed by atoms with van der Waals surface area (Å²) in [4.78, 5) is 0. The molecule has 1 aromatic rings. The predicted octanol–water partition coefficient (Wildman–Crippen LogP) is 1.77. The second-order valence-electron chi connectivity index (χ2n) is 3.46. The predicted molar refractivity (Wildman–Crippen MR) is 81.4 cm³/mol. The molecule has 0 aliphatic rings. The normalized spacial score (nSPS) is 11.7. The van der Waals surface area contributed by atoms with Crippen molar-refractivity contribution in [3.05, 3.63) is 57.8 Å². The number of aryl methyl sites for hydroxylation is 1. The van der Waals surface area contributed by atoms with Crippen molar-refractivity contribution in [3.63, 3.8) is 0 Å². The Morgan fingerprint density at radius 2 is 1.47 bits per heavy atom. The first-order chi connectivity index (χ1) is 8.11. The molecular weight excluding hydrogens is 204 g/mol. The van der Waals surface area contributed by atoms with Crippen LogP contribution < -0.4 is 20.9 Å². The second-order valence-corrected chi connectivity index (χ2v) is 3.46. The molecule has 0 amide bonds. The lowest BCUT2D eigenvalue weighted by molar-refractivity contribution is 1.31. The molecule has 0 unspecified atom stereocenters. The van der Waals surface area contributed by atoms with E-state index in [0.29, 0.717) is 0 Å². The van der Waals surface area contributed by atoms with E-state index in [1.54, 1.807) is 12.2 Å². The topological polar surface area (TPSA) is 0 Å². The van der Waals surface area contributed by atoms with Crippen LogP contribution in [0.2, 0.25) is 0 Å². The zero-order valence-corrected chi connectivity index (χ0v) is 11.2. The van der Waals surface area contributed by atoms with Crippen LogP contribution in [0.3, 0.4) is 0 Å². The number of benzene rings is 1. The number of hydrogen-bond acceptors (Lipinski definition) is 0. The highest BCUT2D eigenvalue weighted by atomic mass is 14.0. The fourth-order valence-electron chi connectivity index (χ4n) is 1.60. The molecule has 0 bridgehead atoms. The van der Waals surface area contributed by atoms with Gasteiger partial charge in [0.05, 0.1) is 0 Å². The average molecular weight is 226 g/mol. The van der Waals surface area contributed by atoms with Crippen molar-refractivity contribution >= 4 is 25.3 Å². The van der Waals surface area contributed by atoms with E-state index in [4.69, 9.17) is 0 Å². The van der Waals surface area contributed by atoms with Crippen LogP contribution in [0.15, 0.2) is 31.4 Å². The van der Waals surface area contributed by atoms with Gasteiger partial charge >= 0.3 is 0 Å². The van der Waals surface area contributed by atoms with Crippen LogP contribution in [0.4, 0.5) is 0 Å². The Bertz CT molecular complexity index is 601. The molecule has 90 valence electrons. The minimum atomic E-state index is 0.952. The monoisotopic (exact) mass is 226 g/mol. The molecular formula is C17H22. The summed E-state index contributed by atoms with van der Waals surface area (Å²) < 4.78 is 0. The Morgan fingerprint density at radius 3 is 1.94 bits per heavy atom. The van der Waals surface area contributed by atoms with Crippen LogP contribution >= 0.6 is 0 Å². The van der Waals surface area contributed by atoms with E-state index in [1.165, 1.54) is 5.56 Å². The highest BCUT2D eigenvalue weighted by molar-refractivity contribution is 5.44. The second kappa shape index (κ2) is 7.45. The fraction of sp³-hybridized carbons (Fsp3) is 0.176. The molecule has 0 heterocycles. The van der Waals surface area contributed by atoms with Crippen molar-refractivity contribution < 1.29 is 0 Å². The molecule has 0 spiro atoms. The van der Waals surface area contributed by atoms with Gasteiger partial charge in [0.15, 0.2) is 0 Å². The molecule has 0 nitrogen and oxygen atoms in total.